The van der Waals surface area contributed by atoms with Crippen molar-refractivity contribution in [3.05, 3.63) is 64.2 Å². The van der Waals surface area contributed by atoms with Gasteiger partial charge < -0.3 is 10.1 Å². The normalized spacial score (nSPS) is 10.2. The first kappa shape index (κ1) is 18.3. The number of carbonyl (C=O) groups excluding carboxylic acids is 1. The zero-order valence-corrected chi connectivity index (χ0v) is 14.5. The Balaban J connectivity index is 2.07. The number of hydrogen-bond acceptors (Lipinski definition) is 5. The zero-order chi connectivity index (χ0) is 18.4. The SMILES string of the molecule is CC(C)Oc1ccccc1C(=O)NC(=S)Nc1cccc([N+](=O)[O-])c1. The van der Waals surface area contributed by atoms with Gasteiger partial charge in [-0.25, -0.2) is 0 Å². The molecule has 0 bridgehead atoms. The fraction of sp³-hybridized carbons (Fsp3) is 0.176. The standard InChI is InChI=1S/C17H17N3O4S/c1-11(2)24-15-9-4-3-8-14(15)16(21)19-17(25)18-12-6-5-7-13(10-12)20(22)23/h3-11H,1-2H3,(H2,18,19,21,25). The number of anilines is 1. The number of nitrogens with one attached hydrogen (secondary N) is 2. The molecule has 0 unspecified atom stereocenters. The number of carbonyl (C=O) groups is 1. The summed E-state index contributed by atoms with van der Waals surface area (Å²) in [6.07, 6.45) is -0.0797. The number of nitro benzene ring substituents is 1. The molecule has 2 aromatic rings. The molecule has 0 aliphatic rings. The van der Waals surface area contributed by atoms with Gasteiger partial charge in [-0.3, -0.25) is 20.2 Å². The third kappa shape index (κ3) is 5.25. The van der Waals surface area contributed by atoms with Crippen LogP contribution in [-0.4, -0.2) is 22.0 Å². The van der Waals surface area contributed by atoms with Crippen molar-refractivity contribution in [2.24, 2.45) is 0 Å². The van der Waals surface area contributed by atoms with Crippen molar-refractivity contribution < 1.29 is 14.5 Å². The predicted octanol–water partition coefficient (Wildman–Crippen LogP) is 3.51. The van der Waals surface area contributed by atoms with Crippen molar-refractivity contribution in [2.75, 3.05) is 5.32 Å². The second kappa shape index (κ2) is 8.20. The second-order valence-electron chi connectivity index (χ2n) is 5.38. The molecular formula is C17H17N3O4S. The quantitative estimate of drug-likeness (QED) is 0.482. The third-order valence-electron chi connectivity index (χ3n) is 3.04. The first-order valence-corrected chi connectivity index (χ1v) is 7.90. The fourth-order valence-electron chi connectivity index (χ4n) is 2.04. The Hall–Kier alpha value is -3.00. The molecule has 0 saturated carbocycles. The van der Waals surface area contributed by atoms with Crippen molar-refractivity contribution in [3.8, 4) is 5.75 Å². The summed E-state index contributed by atoms with van der Waals surface area (Å²) in [5, 5.41) is 16.1. The van der Waals surface area contributed by atoms with Gasteiger partial charge in [0.2, 0.25) is 0 Å². The Bertz CT molecular complexity index is 808. The van der Waals surface area contributed by atoms with Crippen LogP contribution in [0.5, 0.6) is 5.75 Å². The van der Waals surface area contributed by atoms with Crippen LogP contribution in [-0.2, 0) is 0 Å². The van der Waals surface area contributed by atoms with Crippen LogP contribution in [0.15, 0.2) is 48.5 Å². The summed E-state index contributed by atoms with van der Waals surface area (Å²) in [6.45, 7) is 3.73. The van der Waals surface area contributed by atoms with Gasteiger partial charge in [0.05, 0.1) is 16.6 Å². The lowest BCUT2D eigenvalue weighted by Gasteiger charge is -2.14. The van der Waals surface area contributed by atoms with Crippen molar-refractivity contribution in [1.82, 2.24) is 5.32 Å². The van der Waals surface area contributed by atoms with E-state index in [2.05, 4.69) is 10.6 Å². The molecule has 0 fully saturated rings. The van der Waals surface area contributed by atoms with Gasteiger partial charge >= 0.3 is 0 Å². The Kier molecular flexibility index (Phi) is 6.02. The van der Waals surface area contributed by atoms with Crippen LogP contribution in [0.25, 0.3) is 0 Å². The summed E-state index contributed by atoms with van der Waals surface area (Å²) >= 11 is 5.10. The van der Waals surface area contributed by atoms with Gasteiger partial charge in [-0.05, 0) is 44.3 Å². The number of hydrogen-bond donors (Lipinski definition) is 2. The van der Waals surface area contributed by atoms with E-state index in [0.29, 0.717) is 17.0 Å². The van der Waals surface area contributed by atoms with Gasteiger partial charge in [0.1, 0.15) is 5.75 Å². The van der Waals surface area contributed by atoms with Gasteiger partial charge in [0.25, 0.3) is 11.6 Å². The highest BCUT2D eigenvalue weighted by atomic mass is 32.1. The lowest BCUT2D eigenvalue weighted by molar-refractivity contribution is -0.384. The smallest absolute Gasteiger partial charge is 0.271 e. The molecule has 2 aromatic carbocycles. The van der Waals surface area contributed by atoms with E-state index in [1.54, 1.807) is 30.3 Å². The molecule has 7 nitrogen and oxygen atoms in total. The maximum absolute atomic E-state index is 12.4. The fourth-order valence-corrected chi connectivity index (χ4v) is 2.25. The second-order valence-corrected chi connectivity index (χ2v) is 5.79. The third-order valence-corrected chi connectivity index (χ3v) is 3.24. The van der Waals surface area contributed by atoms with E-state index >= 15 is 0 Å². The minimum atomic E-state index is -0.508. The molecule has 8 heteroatoms. The van der Waals surface area contributed by atoms with E-state index in [1.165, 1.54) is 18.2 Å². The molecule has 0 radical (unpaired) electrons. The predicted molar refractivity (Wildman–Crippen MR) is 99.0 cm³/mol. The van der Waals surface area contributed by atoms with Gasteiger partial charge in [0, 0.05) is 17.8 Å². The molecular weight excluding hydrogens is 342 g/mol. The molecule has 2 rings (SSSR count). The Labute approximate surface area is 150 Å². The number of ether oxygens (including phenoxy) is 1. The first-order chi connectivity index (χ1) is 11.9. The summed E-state index contributed by atoms with van der Waals surface area (Å²) in [4.78, 5) is 22.7. The van der Waals surface area contributed by atoms with Crippen molar-refractivity contribution >= 4 is 34.6 Å². The molecule has 0 saturated heterocycles. The Morgan fingerprint density at radius 2 is 1.92 bits per heavy atom. The molecule has 1 amide bonds. The minimum Gasteiger partial charge on any atom is -0.490 e. The molecule has 0 atom stereocenters. The number of thiocarbonyl (C=S) groups is 1. The first-order valence-electron chi connectivity index (χ1n) is 7.49. The van der Waals surface area contributed by atoms with E-state index in [9.17, 15) is 14.9 Å². The molecule has 0 aromatic heterocycles. The number of nitrogens with zero attached hydrogens (tertiary/aromatic N) is 1. The van der Waals surface area contributed by atoms with Crippen molar-refractivity contribution in [3.63, 3.8) is 0 Å². The summed E-state index contributed by atoms with van der Waals surface area (Å²) in [6, 6.07) is 12.7. The maximum Gasteiger partial charge on any atom is 0.271 e. The topological polar surface area (TPSA) is 93.5 Å². The molecule has 0 heterocycles. The molecule has 0 aliphatic heterocycles. The van der Waals surface area contributed by atoms with Crippen LogP contribution < -0.4 is 15.4 Å². The van der Waals surface area contributed by atoms with Crippen molar-refractivity contribution in [2.45, 2.75) is 20.0 Å². The summed E-state index contributed by atoms with van der Waals surface area (Å²) in [7, 11) is 0. The highest BCUT2D eigenvalue weighted by molar-refractivity contribution is 7.80. The molecule has 130 valence electrons. The van der Waals surface area contributed by atoms with Crippen LogP contribution in [0.4, 0.5) is 11.4 Å². The van der Waals surface area contributed by atoms with Gasteiger partial charge in [-0.1, -0.05) is 18.2 Å². The summed E-state index contributed by atoms with van der Waals surface area (Å²) in [5.74, 6) is 0.0207. The number of non-ortho nitro benzene ring substituents is 1. The summed E-state index contributed by atoms with van der Waals surface area (Å²) < 4.78 is 5.61. The Morgan fingerprint density at radius 1 is 1.20 bits per heavy atom. The summed E-state index contributed by atoms with van der Waals surface area (Å²) in [5.41, 5.74) is 0.681. The molecule has 0 spiro atoms. The van der Waals surface area contributed by atoms with Crippen LogP contribution in [0.1, 0.15) is 24.2 Å². The average molecular weight is 359 g/mol. The molecule has 25 heavy (non-hydrogen) atoms. The van der Waals surface area contributed by atoms with Crippen LogP contribution in [0.2, 0.25) is 0 Å². The highest BCUT2D eigenvalue weighted by Gasteiger charge is 2.15. The van der Waals surface area contributed by atoms with Gasteiger partial charge in [-0.15, -0.1) is 0 Å². The van der Waals surface area contributed by atoms with Gasteiger partial charge in [-0.2, -0.15) is 0 Å². The Morgan fingerprint density at radius 3 is 2.60 bits per heavy atom. The monoisotopic (exact) mass is 359 g/mol. The zero-order valence-electron chi connectivity index (χ0n) is 13.7. The minimum absolute atomic E-state index is 0.0323. The van der Waals surface area contributed by atoms with Crippen molar-refractivity contribution in [1.29, 1.82) is 0 Å². The number of amides is 1. The highest BCUT2D eigenvalue weighted by Crippen LogP contribution is 2.20. The maximum atomic E-state index is 12.4. The van der Waals surface area contributed by atoms with Crippen LogP contribution in [0, 0.1) is 10.1 Å². The lowest BCUT2D eigenvalue weighted by atomic mass is 10.2. The molecule has 0 aliphatic carbocycles. The van der Waals surface area contributed by atoms with E-state index in [-0.39, 0.29) is 16.9 Å². The number of rotatable bonds is 5. The number of nitro groups is 1. The van der Waals surface area contributed by atoms with E-state index in [0.717, 1.165) is 0 Å². The lowest BCUT2D eigenvalue weighted by Crippen LogP contribution is -2.34. The molecule has 2 N–H and O–H groups in total. The van der Waals surface area contributed by atoms with Crippen LogP contribution in [0.3, 0.4) is 0 Å². The van der Waals surface area contributed by atoms with E-state index in [4.69, 9.17) is 17.0 Å². The average Bonchev–Trinajstić information content (AvgIpc) is 2.54. The van der Waals surface area contributed by atoms with Gasteiger partial charge in [0.15, 0.2) is 5.11 Å². The number of para-hydroxylation sites is 1. The van der Waals surface area contributed by atoms with E-state index in [1.807, 2.05) is 13.8 Å². The largest absolute Gasteiger partial charge is 0.490 e. The number of benzene rings is 2. The van der Waals surface area contributed by atoms with Crippen LogP contribution >= 0.6 is 12.2 Å². The van der Waals surface area contributed by atoms with E-state index < -0.39 is 10.8 Å².